The molecular formula is C11H20N2. The van der Waals surface area contributed by atoms with Crippen LogP contribution in [-0.2, 0) is 0 Å². The molecule has 74 valence electrons. The maximum Gasteiger partial charge on any atom is 0.123 e. The molecule has 1 aliphatic rings. The number of rotatable bonds is 3. The van der Waals surface area contributed by atoms with Crippen LogP contribution < -0.4 is 0 Å². The monoisotopic (exact) mass is 180 g/mol. The Morgan fingerprint density at radius 1 is 1.62 bits per heavy atom. The molecule has 2 nitrogen and oxygen atoms in total. The van der Waals surface area contributed by atoms with Gasteiger partial charge in [0.15, 0.2) is 0 Å². The fourth-order valence-corrected chi connectivity index (χ4v) is 1.84. The lowest BCUT2D eigenvalue weighted by atomic mass is 10.1. The van der Waals surface area contributed by atoms with Gasteiger partial charge in [0.05, 0.1) is 0 Å². The standard InChI is InChI=1S/C11H20N2/c1-4-7-10(2)13-9-6-5-8-11(13)12-3/h5,8,10H,4,6-7,9H2,1-3H3. The van der Waals surface area contributed by atoms with Gasteiger partial charge in [0.1, 0.15) is 5.84 Å². The zero-order valence-electron chi connectivity index (χ0n) is 8.95. The topological polar surface area (TPSA) is 15.6 Å². The molecule has 0 bridgehead atoms. The molecule has 0 aromatic carbocycles. The van der Waals surface area contributed by atoms with Crippen LogP contribution in [0.15, 0.2) is 17.1 Å². The molecule has 0 aromatic rings. The smallest absolute Gasteiger partial charge is 0.123 e. The molecule has 0 saturated heterocycles. The summed E-state index contributed by atoms with van der Waals surface area (Å²) in [6.45, 7) is 5.65. The second kappa shape index (κ2) is 5.05. The van der Waals surface area contributed by atoms with Crippen LogP contribution >= 0.6 is 0 Å². The van der Waals surface area contributed by atoms with Crippen molar-refractivity contribution in [1.82, 2.24) is 4.90 Å². The maximum absolute atomic E-state index is 4.29. The van der Waals surface area contributed by atoms with Gasteiger partial charge in [0, 0.05) is 19.6 Å². The van der Waals surface area contributed by atoms with Crippen molar-refractivity contribution in [3.05, 3.63) is 12.2 Å². The molecular weight excluding hydrogens is 160 g/mol. The quantitative estimate of drug-likeness (QED) is 0.651. The second-order valence-corrected chi connectivity index (χ2v) is 3.60. The third-order valence-corrected chi connectivity index (χ3v) is 2.57. The summed E-state index contributed by atoms with van der Waals surface area (Å²) in [5.74, 6) is 1.15. The summed E-state index contributed by atoms with van der Waals surface area (Å²) in [5.41, 5.74) is 0. The van der Waals surface area contributed by atoms with E-state index in [2.05, 4.69) is 35.9 Å². The first kappa shape index (κ1) is 10.3. The second-order valence-electron chi connectivity index (χ2n) is 3.60. The molecule has 0 radical (unpaired) electrons. The lowest BCUT2D eigenvalue weighted by Crippen LogP contribution is -2.39. The zero-order chi connectivity index (χ0) is 9.68. The first-order valence-electron chi connectivity index (χ1n) is 5.19. The average Bonchev–Trinajstić information content (AvgIpc) is 2.18. The van der Waals surface area contributed by atoms with Gasteiger partial charge in [0.2, 0.25) is 0 Å². The molecule has 0 fully saturated rings. The number of hydrogen-bond acceptors (Lipinski definition) is 1. The predicted molar refractivity (Wildman–Crippen MR) is 58.2 cm³/mol. The maximum atomic E-state index is 4.29. The van der Waals surface area contributed by atoms with Crippen LogP contribution in [0.2, 0.25) is 0 Å². The SMILES string of the molecule is CCCC(C)N1CCC=CC1=NC. The van der Waals surface area contributed by atoms with E-state index >= 15 is 0 Å². The van der Waals surface area contributed by atoms with E-state index in [-0.39, 0.29) is 0 Å². The highest BCUT2D eigenvalue weighted by Crippen LogP contribution is 2.12. The number of hydrogen-bond donors (Lipinski definition) is 0. The molecule has 13 heavy (non-hydrogen) atoms. The molecule has 0 saturated carbocycles. The third-order valence-electron chi connectivity index (χ3n) is 2.57. The molecule has 1 aliphatic heterocycles. The van der Waals surface area contributed by atoms with Crippen LogP contribution in [0.5, 0.6) is 0 Å². The first-order valence-corrected chi connectivity index (χ1v) is 5.19. The summed E-state index contributed by atoms with van der Waals surface area (Å²) in [7, 11) is 1.87. The molecule has 0 aliphatic carbocycles. The van der Waals surface area contributed by atoms with Gasteiger partial charge in [-0.1, -0.05) is 19.4 Å². The lowest BCUT2D eigenvalue weighted by molar-refractivity contribution is 0.314. The van der Waals surface area contributed by atoms with Crippen molar-refractivity contribution in [3.63, 3.8) is 0 Å². The third kappa shape index (κ3) is 2.58. The van der Waals surface area contributed by atoms with Gasteiger partial charge in [-0.2, -0.15) is 0 Å². The summed E-state index contributed by atoms with van der Waals surface area (Å²) >= 11 is 0. The molecule has 0 aromatic heterocycles. The van der Waals surface area contributed by atoms with E-state index in [0.29, 0.717) is 6.04 Å². The Hall–Kier alpha value is -0.790. The molecule has 1 atom stereocenters. The summed E-state index contributed by atoms with van der Waals surface area (Å²) in [5, 5.41) is 0. The van der Waals surface area contributed by atoms with Gasteiger partial charge in [-0.05, 0) is 25.8 Å². The highest BCUT2D eigenvalue weighted by molar-refractivity contribution is 5.93. The average molecular weight is 180 g/mol. The Labute approximate surface area is 81.3 Å². The predicted octanol–water partition coefficient (Wildman–Crippen LogP) is 2.47. The van der Waals surface area contributed by atoms with Crippen LogP contribution in [0.25, 0.3) is 0 Å². The minimum absolute atomic E-state index is 0.633. The Balaban J connectivity index is 2.62. The summed E-state index contributed by atoms with van der Waals surface area (Å²) in [4.78, 5) is 6.69. The summed E-state index contributed by atoms with van der Waals surface area (Å²) in [6, 6.07) is 0.633. The van der Waals surface area contributed by atoms with E-state index in [0.717, 1.165) is 18.8 Å². The molecule has 0 N–H and O–H groups in total. The Morgan fingerprint density at radius 2 is 2.38 bits per heavy atom. The van der Waals surface area contributed by atoms with Crippen molar-refractivity contribution >= 4 is 5.84 Å². The fourth-order valence-electron chi connectivity index (χ4n) is 1.84. The van der Waals surface area contributed by atoms with E-state index in [1.807, 2.05) is 7.05 Å². The van der Waals surface area contributed by atoms with Crippen LogP contribution in [0.3, 0.4) is 0 Å². The van der Waals surface area contributed by atoms with Crippen molar-refractivity contribution in [2.24, 2.45) is 4.99 Å². The summed E-state index contributed by atoms with van der Waals surface area (Å²) < 4.78 is 0. The van der Waals surface area contributed by atoms with Gasteiger partial charge in [-0.25, -0.2) is 0 Å². The number of nitrogens with zero attached hydrogens (tertiary/aromatic N) is 2. The van der Waals surface area contributed by atoms with Crippen molar-refractivity contribution in [1.29, 1.82) is 0 Å². The van der Waals surface area contributed by atoms with Crippen molar-refractivity contribution < 1.29 is 0 Å². The molecule has 0 amide bonds. The van der Waals surface area contributed by atoms with E-state index < -0.39 is 0 Å². The number of aliphatic imine (C=N–C) groups is 1. The van der Waals surface area contributed by atoms with E-state index in [1.54, 1.807) is 0 Å². The van der Waals surface area contributed by atoms with Crippen LogP contribution in [-0.4, -0.2) is 30.4 Å². The van der Waals surface area contributed by atoms with Gasteiger partial charge in [-0.3, -0.25) is 4.99 Å². The molecule has 1 heterocycles. The van der Waals surface area contributed by atoms with Crippen molar-refractivity contribution in [2.45, 2.75) is 39.2 Å². The molecule has 1 rings (SSSR count). The van der Waals surface area contributed by atoms with Crippen LogP contribution in [0, 0.1) is 0 Å². The summed E-state index contributed by atoms with van der Waals surface area (Å²) in [6.07, 6.45) is 8.01. The van der Waals surface area contributed by atoms with Gasteiger partial charge < -0.3 is 4.90 Å². The van der Waals surface area contributed by atoms with Crippen LogP contribution in [0.1, 0.15) is 33.1 Å². The minimum Gasteiger partial charge on any atom is -0.354 e. The van der Waals surface area contributed by atoms with Gasteiger partial charge in [0.25, 0.3) is 0 Å². The first-order chi connectivity index (χ1) is 6.29. The zero-order valence-corrected chi connectivity index (χ0v) is 8.95. The fraction of sp³-hybridized carbons (Fsp3) is 0.727. The lowest BCUT2D eigenvalue weighted by Gasteiger charge is -2.32. The molecule has 0 spiro atoms. The van der Waals surface area contributed by atoms with Crippen molar-refractivity contribution in [2.75, 3.05) is 13.6 Å². The Kier molecular flexibility index (Phi) is 4.00. The van der Waals surface area contributed by atoms with E-state index in [4.69, 9.17) is 0 Å². The van der Waals surface area contributed by atoms with Gasteiger partial charge >= 0.3 is 0 Å². The molecule has 2 heteroatoms. The highest BCUT2D eigenvalue weighted by atomic mass is 15.2. The minimum atomic E-state index is 0.633. The van der Waals surface area contributed by atoms with Crippen molar-refractivity contribution in [3.8, 4) is 0 Å². The Bertz CT molecular complexity index is 206. The molecule has 1 unspecified atom stereocenters. The highest BCUT2D eigenvalue weighted by Gasteiger charge is 2.16. The van der Waals surface area contributed by atoms with Crippen LogP contribution in [0.4, 0.5) is 0 Å². The van der Waals surface area contributed by atoms with E-state index in [1.165, 1.54) is 12.8 Å². The van der Waals surface area contributed by atoms with E-state index in [9.17, 15) is 0 Å². The number of amidine groups is 1. The Morgan fingerprint density at radius 3 is 3.00 bits per heavy atom. The normalized spacial score (nSPS) is 22.4. The largest absolute Gasteiger partial charge is 0.354 e. The van der Waals surface area contributed by atoms with Gasteiger partial charge in [-0.15, -0.1) is 0 Å².